The molecule has 0 N–H and O–H groups in total. The van der Waals surface area contributed by atoms with E-state index in [1.807, 2.05) is 73.9 Å². The topological polar surface area (TPSA) is 130 Å². The van der Waals surface area contributed by atoms with E-state index in [1.54, 1.807) is 11.3 Å². The average Bonchev–Trinajstić information content (AvgIpc) is 3.84. The van der Waals surface area contributed by atoms with Crippen LogP contribution in [0.4, 0.5) is 0 Å². The predicted octanol–water partition coefficient (Wildman–Crippen LogP) is 8.37. The van der Waals surface area contributed by atoms with Crippen molar-refractivity contribution >= 4 is 69.1 Å². The van der Waals surface area contributed by atoms with Crippen LogP contribution in [0.2, 0.25) is 10.0 Å². The molecule has 2 aromatic carbocycles. The third kappa shape index (κ3) is 6.22. The molecule has 4 aromatic heterocycles. The summed E-state index contributed by atoms with van der Waals surface area (Å²) in [4.78, 5) is 39.5. The van der Waals surface area contributed by atoms with Gasteiger partial charge >= 0.3 is 5.97 Å². The molecular formula is C39H34Cl2N8O3S2. The summed E-state index contributed by atoms with van der Waals surface area (Å²) in [6.07, 6.45) is 0.260. The molecule has 8 rings (SSSR count). The van der Waals surface area contributed by atoms with E-state index in [0.29, 0.717) is 33.2 Å². The number of ketones is 1. The molecule has 0 bridgehead atoms. The fourth-order valence-corrected chi connectivity index (χ4v) is 9.93. The lowest BCUT2D eigenvalue weighted by Crippen LogP contribution is -2.13. The van der Waals surface area contributed by atoms with Crippen molar-refractivity contribution in [1.29, 1.82) is 0 Å². The molecule has 0 amide bonds. The molecule has 2 unspecified atom stereocenters. The third-order valence-electron chi connectivity index (χ3n) is 9.94. The monoisotopic (exact) mass is 796 g/mol. The summed E-state index contributed by atoms with van der Waals surface area (Å²) >= 11 is 15.8. The maximum Gasteiger partial charge on any atom is 0.308 e. The predicted molar refractivity (Wildman–Crippen MR) is 212 cm³/mol. The number of esters is 1. The van der Waals surface area contributed by atoms with Gasteiger partial charge in [-0.2, -0.15) is 0 Å². The van der Waals surface area contributed by atoms with Crippen LogP contribution in [0.5, 0.6) is 0 Å². The first-order valence-corrected chi connectivity index (χ1v) is 19.7. The van der Waals surface area contributed by atoms with Crippen molar-refractivity contribution in [3.63, 3.8) is 0 Å². The van der Waals surface area contributed by atoms with E-state index < -0.39 is 18.1 Å². The van der Waals surface area contributed by atoms with Crippen LogP contribution < -0.4 is 0 Å². The van der Waals surface area contributed by atoms with Gasteiger partial charge in [0.05, 0.1) is 25.0 Å². The molecule has 2 atom stereocenters. The fourth-order valence-electron chi connectivity index (χ4n) is 7.08. The van der Waals surface area contributed by atoms with E-state index in [9.17, 15) is 9.59 Å². The number of fused-ring (bicyclic) bond motifs is 6. The number of hydrogen-bond donors (Lipinski definition) is 0. The molecule has 15 heteroatoms. The molecule has 0 radical (unpaired) electrons. The molecule has 6 heterocycles. The Kier molecular flexibility index (Phi) is 9.45. The van der Waals surface area contributed by atoms with Gasteiger partial charge in [0, 0.05) is 54.9 Å². The summed E-state index contributed by atoms with van der Waals surface area (Å²) in [5.74, 6) is 2.12. The van der Waals surface area contributed by atoms with Gasteiger partial charge in [-0.05, 0) is 70.0 Å². The Morgan fingerprint density at radius 1 is 0.685 bits per heavy atom. The second kappa shape index (κ2) is 14.1. The number of methoxy groups -OCH3 is 1. The van der Waals surface area contributed by atoms with Gasteiger partial charge in [0.1, 0.15) is 39.5 Å². The summed E-state index contributed by atoms with van der Waals surface area (Å²) in [6.45, 7) is 10.0. The highest BCUT2D eigenvalue weighted by atomic mass is 35.5. The first-order valence-electron chi connectivity index (χ1n) is 17.3. The number of halogens is 2. The van der Waals surface area contributed by atoms with Gasteiger partial charge in [-0.1, -0.05) is 47.5 Å². The van der Waals surface area contributed by atoms with Crippen LogP contribution >= 0.6 is 45.9 Å². The maximum atomic E-state index is 14.4. The number of Topliss-reactive ketones (excluding diaryl/α,β-unsaturated/α-hetero) is 1. The SMILES string of the molecule is COC(=O)CC1N=C(c2ccc(Cl)cc2)c2c(sc(CC(=O)CC3N=C(c4ccc(Cl)cc4)c4c(sc(C)c4C)-n4c(C)nnc43)c2C)-n2c(C)nnc21. The highest BCUT2D eigenvalue weighted by Crippen LogP contribution is 2.42. The Morgan fingerprint density at radius 3 is 1.69 bits per heavy atom. The fraction of sp³-hybridized carbons (Fsp3) is 0.282. The number of ether oxygens (including phenoxy) is 1. The molecule has 6 aromatic rings. The highest BCUT2D eigenvalue weighted by Gasteiger charge is 2.35. The minimum Gasteiger partial charge on any atom is -0.469 e. The third-order valence-corrected chi connectivity index (χ3v) is 12.9. The molecule has 0 fully saturated rings. The number of carbonyl (C=O) groups excluding carboxylic acids is 2. The van der Waals surface area contributed by atoms with E-state index in [1.165, 1.54) is 23.3 Å². The Morgan fingerprint density at radius 2 is 1.17 bits per heavy atom. The van der Waals surface area contributed by atoms with Crippen LogP contribution in [0.1, 0.15) is 91.4 Å². The Balaban J connectivity index is 1.21. The lowest BCUT2D eigenvalue weighted by Gasteiger charge is -2.13. The zero-order chi connectivity index (χ0) is 38.0. The normalized spacial score (nSPS) is 16.0. The molecule has 0 saturated carbocycles. The van der Waals surface area contributed by atoms with E-state index in [0.717, 1.165) is 59.8 Å². The highest BCUT2D eigenvalue weighted by molar-refractivity contribution is 7.15. The average molecular weight is 798 g/mol. The van der Waals surface area contributed by atoms with Crippen LogP contribution in [0.15, 0.2) is 58.5 Å². The first-order chi connectivity index (χ1) is 25.9. The van der Waals surface area contributed by atoms with Crippen molar-refractivity contribution in [2.45, 2.75) is 66.0 Å². The largest absolute Gasteiger partial charge is 0.469 e. The van der Waals surface area contributed by atoms with E-state index >= 15 is 0 Å². The van der Waals surface area contributed by atoms with Gasteiger partial charge in [-0.3, -0.25) is 28.7 Å². The summed E-state index contributed by atoms with van der Waals surface area (Å²) < 4.78 is 9.03. The molecule has 274 valence electrons. The van der Waals surface area contributed by atoms with Gasteiger partial charge in [0.15, 0.2) is 11.6 Å². The number of aliphatic imine (C=N–C) groups is 2. The van der Waals surface area contributed by atoms with Gasteiger partial charge in [-0.15, -0.1) is 43.1 Å². The molecular weight excluding hydrogens is 764 g/mol. The van der Waals surface area contributed by atoms with Crippen LogP contribution in [-0.2, 0) is 20.7 Å². The Bertz CT molecular complexity index is 2540. The Hall–Kier alpha value is -4.82. The minimum absolute atomic E-state index is 0.00155. The zero-order valence-corrected chi connectivity index (χ0v) is 33.4. The number of carbonyl (C=O) groups is 2. The maximum absolute atomic E-state index is 14.4. The van der Waals surface area contributed by atoms with E-state index in [4.69, 9.17) is 37.9 Å². The van der Waals surface area contributed by atoms with Crippen molar-refractivity contribution in [2.24, 2.45) is 9.98 Å². The lowest BCUT2D eigenvalue weighted by molar-refractivity contribution is -0.141. The molecule has 2 aliphatic rings. The van der Waals surface area contributed by atoms with Crippen molar-refractivity contribution in [3.8, 4) is 10.0 Å². The second-order valence-electron chi connectivity index (χ2n) is 13.4. The van der Waals surface area contributed by atoms with E-state index in [2.05, 4.69) is 38.8 Å². The van der Waals surface area contributed by atoms with Crippen molar-refractivity contribution in [2.75, 3.05) is 7.11 Å². The number of rotatable bonds is 8. The smallest absolute Gasteiger partial charge is 0.308 e. The van der Waals surface area contributed by atoms with Gasteiger partial charge in [0.2, 0.25) is 0 Å². The molecule has 0 spiro atoms. The second-order valence-corrected chi connectivity index (χ2v) is 16.5. The molecule has 2 aliphatic heterocycles. The van der Waals surface area contributed by atoms with Crippen LogP contribution in [0.3, 0.4) is 0 Å². The quantitative estimate of drug-likeness (QED) is 0.142. The lowest BCUT2D eigenvalue weighted by atomic mass is 9.97. The molecule has 0 saturated heterocycles. The van der Waals surface area contributed by atoms with Crippen molar-refractivity contribution in [1.82, 2.24) is 29.5 Å². The number of aromatic nitrogens is 6. The molecule has 54 heavy (non-hydrogen) atoms. The number of benzene rings is 2. The standard InChI is InChI=1S/C39H34Cl2N8O3S2/c1-18-20(3)53-38-32(18)34(23-7-11-25(40)12-8-23)42-28(36-46-44-21(4)48(36)38)15-27(50)16-30-19(2)33-35(24-9-13-26(41)14-10-24)43-29(17-31(51)52-6)37-47-45-22(5)49(37)39(33)54-30/h7-14,28-29H,15-17H2,1-6H3. The number of hydrogen-bond acceptors (Lipinski definition) is 11. The number of aryl methyl sites for hydroxylation is 3. The summed E-state index contributed by atoms with van der Waals surface area (Å²) in [5.41, 5.74) is 7.10. The van der Waals surface area contributed by atoms with Gasteiger partial charge in [-0.25, -0.2) is 0 Å². The van der Waals surface area contributed by atoms with Crippen molar-refractivity contribution < 1.29 is 14.3 Å². The summed E-state index contributed by atoms with van der Waals surface area (Å²) in [7, 11) is 1.36. The van der Waals surface area contributed by atoms with Crippen LogP contribution in [0, 0.1) is 34.6 Å². The van der Waals surface area contributed by atoms with Crippen molar-refractivity contribution in [3.05, 3.63) is 125 Å². The molecule has 11 nitrogen and oxygen atoms in total. The Labute approximate surface area is 329 Å². The molecule has 0 aliphatic carbocycles. The van der Waals surface area contributed by atoms with Gasteiger partial charge < -0.3 is 4.74 Å². The summed E-state index contributed by atoms with van der Waals surface area (Å²) in [5, 5.41) is 20.9. The first kappa shape index (κ1) is 36.2. The zero-order valence-electron chi connectivity index (χ0n) is 30.3. The number of thiophene rings is 2. The van der Waals surface area contributed by atoms with Gasteiger partial charge in [0.25, 0.3) is 0 Å². The minimum atomic E-state index is -0.646. The van der Waals surface area contributed by atoms with E-state index in [-0.39, 0.29) is 25.0 Å². The summed E-state index contributed by atoms with van der Waals surface area (Å²) in [6, 6.07) is 13.9. The van der Waals surface area contributed by atoms with Crippen LogP contribution in [-0.4, -0.2) is 59.8 Å². The number of nitrogens with zero attached hydrogens (tertiary/aromatic N) is 8. The van der Waals surface area contributed by atoms with Crippen LogP contribution in [0.25, 0.3) is 10.0 Å².